The largest absolute Gasteiger partial charge is 0.478 e. The summed E-state index contributed by atoms with van der Waals surface area (Å²) in [7, 11) is 0. The van der Waals surface area contributed by atoms with E-state index >= 15 is 0 Å². The van der Waals surface area contributed by atoms with Crippen LogP contribution in [0.15, 0.2) is 78.9 Å². The van der Waals surface area contributed by atoms with Gasteiger partial charge in [-0.15, -0.1) is 0 Å². The standard InChI is InChI=1S/C46H50O4/c1-5-9-17-31-32-21-13-14-22-33(32)37(19-11-7-3)42-29-30(25-26-38(31)42)46(49)50-44-41(45(47)48)28-27-40-35(18-10-6-2)34-23-15-16-24-36(34)39(43(40)44)20-12-8-4/h13-16,21-29H,5-12,17-20H2,1-4H3,(H,47,48). The average Bonchev–Trinajstić information content (AvgIpc) is 3.14. The number of fused-ring (bicyclic) bond motifs is 4. The highest BCUT2D eigenvalue weighted by atomic mass is 16.5. The summed E-state index contributed by atoms with van der Waals surface area (Å²) in [5.41, 5.74) is 5.27. The fraction of sp³-hybridized carbons (Fsp3) is 0.348. The summed E-state index contributed by atoms with van der Waals surface area (Å²) in [5, 5.41) is 19.3. The van der Waals surface area contributed by atoms with Gasteiger partial charge >= 0.3 is 11.9 Å². The van der Waals surface area contributed by atoms with Gasteiger partial charge in [-0.1, -0.05) is 114 Å². The molecule has 0 aromatic heterocycles. The number of aryl methyl sites for hydroxylation is 4. The molecule has 0 amide bonds. The van der Waals surface area contributed by atoms with Gasteiger partial charge in [-0.25, -0.2) is 9.59 Å². The van der Waals surface area contributed by atoms with Crippen LogP contribution in [0.25, 0.3) is 43.1 Å². The van der Waals surface area contributed by atoms with Gasteiger partial charge in [0.2, 0.25) is 0 Å². The molecule has 0 aliphatic heterocycles. The highest BCUT2D eigenvalue weighted by Crippen LogP contribution is 2.42. The Morgan fingerprint density at radius 1 is 0.520 bits per heavy atom. The van der Waals surface area contributed by atoms with Crippen LogP contribution in [0.1, 0.15) is 122 Å². The number of carbonyl (C=O) groups is 2. The lowest BCUT2D eigenvalue weighted by Crippen LogP contribution is -2.13. The molecule has 0 saturated heterocycles. The number of hydrogen-bond donors (Lipinski definition) is 1. The van der Waals surface area contributed by atoms with Crippen molar-refractivity contribution in [2.45, 2.75) is 105 Å². The Bertz CT molecular complexity index is 2190. The summed E-state index contributed by atoms with van der Waals surface area (Å²) in [4.78, 5) is 27.2. The van der Waals surface area contributed by atoms with Crippen LogP contribution < -0.4 is 4.74 Å². The van der Waals surface area contributed by atoms with E-state index in [9.17, 15) is 14.7 Å². The summed E-state index contributed by atoms with van der Waals surface area (Å²) in [6.45, 7) is 8.77. The van der Waals surface area contributed by atoms with Crippen molar-refractivity contribution < 1.29 is 19.4 Å². The van der Waals surface area contributed by atoms with Crippen molar-refractivity contribution in [3.8, 4) is 5.75 Å². The lowest BCUT2D eigenvalue weighted by Gasteiger charge is -2.21. The molecule has 4 heteroatoms. The fourth-order valence-corrected chi connectivity index (χ4v) is 7.81. The number of aromatic carboxylic acids is 1. The zero-order chi connectivity index (χ0) is 35.2. The van der Waals surface area contributed by atoms with Crippen LogP contribution in [-0.4, -0.2) is 17.0 Å². The molecule has 6 aromatic rings. The molecule has 0 aliphatic carbocycles. The second kappa shape index (κ2) is 15.9. The first-order chi connectivity index (χ1) is 24.4. The maximum absolute atomic E-state index is 14.4. The van der Waals surface area contributed by atoms with E-state index in [1.165, 1.54) is 38.2 Å². The fourth-order valence-electron chi connectivity index (χ4n) is 7.81. The van der Waals surface area contributed by atoms with Gasteiger partial charge in [-0.3, -0.25) is 0 Å². The van der Waals surface area contributed by atoms with Gasteiger partial charge in [0.15, 0.2) is 5.75 Å². The molecule has 0 spiro atoms. The molecule has 0 saturated carbocycles. The minimum absolute atomic E-state index is 0.0117. The first-order valence-corrected chi connectivity index (χ1v) is 18.8. The van der Waals surface area contributed by atoms with Gasteiger partial charge in [-0.05, 0) is 130 Å². The van der Waals surface area contributed by atoms with Crippen molar-refractivity contribution in [1.82, 2.24) is 0 Å². The van der Waals surface area contributed by atoms with Crippen LogP contribution in [0.2, 0.25) is 0 Å². The van der Waals surface area contributed by atoms with Gasteiger partial charge in [0, 0.05) is 5.39 Å². The van der Waals surface area contributed by atoms with Crippen molar-refractivity contribution in [3.05, 3.63) is 112 Å². The van der Waals surface area contributed by atoms with Crippen LogP contribution in [0.4, 0.5) is 0 Å². The monoisotopic (exact) mass is 666 g/mol. The third kappa shape index (κ3) is 6.73. The van der Waals surface area contributed by atoms with Crippen LogP contribution in [0.3, 0.4) is 0 Å². The van der Waals surface area contributed by atoms with E-state index in [1.807, 2.05) is 24.3 Å². The topological polar surface area (TPSA) is 63.6 Å². The quantitative estimate of drug-likeness (QED) is 0.0673. The maximum Gasteiger partial charge on any atom is 0.343 e. The molecule has 4 nitrogen and oxygen atoms in total. The zero-order valence-electron chi connectivity index (χ0n) is 30.2. The molecule has 258 valence electrons. The summed E-state index contributed by atoms with van der Waals surface area (Å²) in [6.07, 6.45) is 11.8. The van der Waals surface area contributed by atoms with Crippen molar-refractivity contribution in [3.63, 3.8) is 0 Å². The number of rotatable bonds is 15. The molecule has 0 aliphatic rings. The van der Waals surface area contributed by atoms with Crippen molar-refractivity contribution in [1.29, 1.82) is 0 Å². The molecule has 6 aromatic carbocycles. The zero-order valence-corrected chi connectivity index (χ0v) is 30.2. The van der Waals surface area contributed by atoms with E-state index in [-0.39, 0.29) is 11.3 Å². The summed E-state index contributed by atoms with van der Waals surface area (Å²) in [6, 6.07) is 26.6. The SMILES string of the molecule is CCCCc1c2ccccc2c(CCCC)c2cc(C(=O)Oc3c(C(=O)O)ccc4c(CCCC)c5ccccc5c(CCCC)c34)ccc12. The number of carboxylic acid groups (broad SMARTS) is 1. The van der Waals surface area contributed by atoms with E-state index in [0.29, 0.717) is 5.56 Å². The number of carbonyl (C=O) groups excluding carboxylic acids is 1. The molecule has 0 atom stereocenters. The third-order valence-electron chi connectivity index (χ3n) is 10.4. The Morgan fingerprint density at radius 2 is 0.940 bits per heavy atom. The number of hydrogen-bond acceptors (Lipinski definition) is 3. The Morgan fingerprint density at radius 3 is 1.44 bits per heavy atom. The minimum atomic E-state index is -1.10. The van der Waals surface area contributed by atoms with E-state index in [4.69, 9.17) is 4.74 Å². The lowest BCUT2D eigenvalue weighted by molar-refractivity contribution is 0.0682. The highest BCUT2D eigenvalue weighted by Gasteiger charge is 2.25. The molecular weight excluding hydrogens is 617 g/mol. The molecule has 6 rings (SSSR count). The predicted octanol–water partition coefficient (Wildman–Crippen LogP) is 12.6. The molecule has 0 radical (unpaired) electrons. The van der Waals surface area contributed by atoms with Crippen molar-refractivity contribution in [2.24, 2.45) is 0 Å². The number of carboxylic acids is 1. The van der Waals surface area contributed by atoms with Crippen LogP contribution in [0, 0.1) is 0 Å². The van der Waals surface area contributed by atoms with Crippen molar-refractivity contribution in [2.75, 3.05) is 0 Å². The Hall–Kier alpha value is -4.70. The first kappa shape index (κ1) is 35.1. The van der Waals surface area contributed by atoms with Gasteiger partial charge in [-0.2, -0.15) is 0 Å². The van der Waals surface area contributed by atoms with Gasteiger partial charge < -0.3 is 9.84 Å². The summed E-state index contributed by atoms with van der Waals surface area (Å²) < 4.78 is 6.37. The maximum atomic E-state index is 14.4. The molecule has 50 heavy (non-hydrogen) atoms. The number of unbranched alkanes of at least 4 members (excludes halogenated alkanes) is 4. The van der Waals surface area contributed by atoms with E-state index < -0.39 is 11.9 Å². The van der Waals surface area contributed by atoms with Gasteiger partial charge in [0.25, 0.3) is 0 Å². The first-order valence-electron chi connectivity index (χ1n) is 18.8. The van der Waals surface area contributed by atoms with Crippen LogP contribution in [0.5, 0.6) is 5.75 Å². The predicted molar refractivity (Wildman–Crippen MR) is 209 cm³/mol. The van der Waals surface area contributed by atoms with E-state index in [0.717, 1.165) is 104 Å². The summed E-state index contributed by atoms with van der Waals surface area (Å²) in [5.74, 6) is -1.48. The van der Waals surface area contributed by atoms with E-state index in [1.54, 1.807) is 6.07 Å². The smallest absolute Gasteiger partial charge is 0.343 e. The molecule has 0 unspecified atom stereocenters. The second-order valence-corrected chi connectivity index (χ2v) is 13.7. The number of ether oxygens (including phenoxy) is 1. The van der Waals surface area contributed by atoms with E-state index in [2.05, 4.69) is 76.2 Å². The molecule has 0 heterocycles. The minimum Gasteiger partial charge on any atom is -0.478 e. The Balaban J connectivity index is 1.57. The van der Waals surface area contributed by atoms with Gasteiger partial charge in [0.1, 0.15) is 5.56 Å². The van der Waals surface area contributed by atoms with Gasteiger partial charge in [0.05, 0.1) is 5.56 Å². The number of esters is 1. The van der Waals surface area contributed by atoms with Crippen molar-refractivity contribution >= 4 is 55.0 Å². The second-order valence-electron chi connectivity index (χ2n) is 13.7. The molecular formula is C46H50O4. The average molecular weight is 667 g/mol. The molecule has 0 bridgehead atoms. The van der Waals surface area contributed by atoms with Crippen LogP contribution in [-0.2, 0) is 25.7 Å². The number of benzene rings is 6. The Kier molecular flexibility index (Phi) is 11.2. The normalized spacial score (nSPS) is 11.6. The lowest BCUT2D eigenvalue weighted by atomic mass is 9.86. The highest BCUT2D eigenvalue weighted by molar-refractivity contribution is 6.13. The Labute approximate surface area is 296 Å². The van der Waals surface area contributed by atoms with Crippen LogP contribution >= 0.6 is 0 Å². The molecule has 0 fully saturated rings. The summed E-state index contributed by atoms with van der Waals surface area (Å²) >= 11 is 0. The molecule has 1 N–H and O–H groups in total. The third-order valence-corrected chi connectivity index (χ3v) is 10.4.